The van der Waals surface area contributed by atoms with Crippen molar-refractivity contribution in [1.29, 1.82) is 0 Å². The highest BCUT2D eigenvalue weighted by atomic mass is 127. The third kappa shape index (κ3) is 10.3. The van der Waals surface area contributed by atoms with Crippen LogP contribution in [-0.4, -0.2) is 70.8 Å². The van der Waals surface area contributed by atoms with Crippen LogP contribution in [0.15, 0.2) is 4.99 Å². The summed E-state index contributed by atoms with van der Waals surface area (Å²) in [4.78, 5) is 6.84. The van der Waals surface area contributed by atoms with Gasteiger partial charge in [-0.2, -0.15) is 0 Å². The highest BCUT2D eigenvalue weighted by molar-refractivity contribution is 14.0. The molecule has 1 unspecified atom stereocenters. The van der Waals surface area contributed by atoms with Crippen molar-refractivity contribution in [2.45, 2.75) is 52.5 Å². The first-order valence-corrected chi connectivity index (χ1v) is 11.2. The third-order valence-corrected chi connectivity index (χ3v) is 6.10. The average Bonchev–Trinajstić information content (AvgIpc) is 2.86. The maximum atomic E-state index is 11.4. The zero-order valence-corrected chi connectivity index (χ0v) is 19.9. The summed E-state index contributed by atoms with van der Waals surface area (Å²) in [5.41, 5.74) is 0. The molecule has 0 aromatic rings. The van der Waals surface area contributed by atoms with E-state index in [-0.39, 0.29) is 29.7 Å². The van der Waals surface area contributed by atoms with Crippen LogP contribution in [0.2, 0.25) is 0 Å². The predicted octanol–water partition coefficient (Wildman–Crippen LogP) is 1.61. The summed E-state index contributed by atoms with van der Waals surface area (Å²) in [6.07, 6.45) is 5.25. The van der Waals surface area contributed by atoms with Crippen molar-refractivity contribution in [2.24, 2.45) is 10.9 Å². The number of guanidine groups is 1. The van der Waals surface area contributed by atoms with Crippen LogP contribution in [0.25, 0.3) is 0 Å². The summed E-state index contributed by atoms with van der Waals surface area (Å²) < 4.78 is 25.4. The second-order valence-corrected chi connectivity index (χ2v) is 9.03. The average molecular weight is 503 g/mol. The minimum absolute atomic E-state index is 0. The maximum absolute atomic E-state index is 11.4. The van der Waals surface area contributed by atoms with Crippen LogP contribution >= 0.6 is 24.0 Å². The van der Waals surface area contributed by atoms with Crippen molar-refractivity contribution in [3.8, 4) is 0 Å². The van der Waals surface area contributed by atoms with Gasteiger partial charge >= 0.3 is 0 Å². The van der Waals surface area contributed by atoms with Gasteiger partial charge in [-0.1, -0.05) is 26.7 Å². The highest BCUT2D eigenvalue weighted by Crippen LogP contribution is 2.16. The molecule has 0 radical (unpaired) electrons. The van der Waals surface area contributed by atoms with Crippen molar-refractivity contribution in [2.75, 3.05) is 45.5 Å². The third-order valence-electron chi connectivity index (χ3n) is 4.70. The number of halogens is 1. The molecule has 1 aliphatic rings. The van der Waals surface area contributed by atoms with Gasteiger partial charge in [0.15, 0.2) is 5.96 Å². The van der Waals surface area contributed by atoms with Gasteiger partial charge in [0.25, 0.3) is 0 Å². The Morgan fingerprint density at radius 1 is 1.08 bits per heavy atom. The first-order valence-electron chi connectivity index (χ1n) is 9.55. The van der Waals surface area contributed by atoms with E-state index >= 15 is 0 Å². The second-order valence-electron chi connectivity index (χ2n) is 6.94. The molecule has 1 rings (SSSR count). The monoisotopic (exact) mass is 503 g/mol. The van der Waals surface area contributed by atoms with E-state index in [1.54, 1.807) is 14.0 Å². The number of nitrogens with zero attached hydrogens (tertiary/aromatic N) is 2. The molecule has 0 saturated carbocycles. The Balaban J connectivity index is 0.00000625. The number of aliphatic imine (C=N–C) groups is 1. The lowest BCUT2D eigenvalue weighted by atomic mass is 10.0. The van der Waals surface area contributed by atoms with E-state index in [0.717, 1.165) is 12.5 Å². The van der Waals surface area contributed by atoms with Gasteiger partial charge in [0, 0.05) is 32.7 Å². The molecule has 1 fully saturated rings. The number of hydrogen-bond acceptors (Lipinski definition) is 4. The van der Waals surface area contributed by atoms with Gasteiger partial charge in [-0.25, -0.2) is 13.1 Å². The summed E-state index contributed by atoms with van der Waals surface area (Å²) in [5, 5.41) is 6.57. The summed E-state index contributed by atoms with van der Waals surface area (Å²) in [6, 6.07) is 0.482. The molecule has 1 atom stereocenters. The molecule has 0 aliphatic carbocycles. The van der Waals surface area contributed by atoms with Gasteiger partial charge < -0.3 is 10.6 Å². The molecule has 0 aromatic carbocycles. The van der Waals surface area contributed by atoms with Crippen LogP contribution in [0.4, 0.5) is 0 Å². The standard InChI is InChI=1S/C17H37N5O2S.HI/c1-5-25(23,24)21-11-10-19-17(18-4)20-14-16(15(2)3)22-12-8-6-7-9-13-22;/h15-16,21H,5-14H2,1-4H3,(H2,18,19,20);1H. The number of hydrogen-bond donors (Lipinski definition) is 3. The number of rotatable bonds is 9. The Kier molecular flexibility index (Phi) is 13.9. The van der Waals surface area contributed by atoms with Gasteiger partial charge in [0.1, 0.15) is 0 Å². The first-order chi connectivity index (χ1) is 11.9. The summed E-state index contributed by atoms with van der Waals surface area (Å²) in [6.45, 7) is 10.2. The Labute approximate surface area is 177 Å². The lowest BCUT2D eigenvalue weighted by molar-refractivity contribution is 0.161. The zero-order valence-electron chi connectivity index (χ0n) is 16.8. The van der Waals surface area contributed by atoms with Crippen molar-refractivity contribution in [1.82, 2.24) is 20.3 Å². The lowest BCUT2D eigenvalue weighted by Crippen LogP contribution is -2.50. The number of sulfonamides is 1. The van der Waals surface area contributed by atoms with E-state index in [2.05, 4.69) is 39.1 Å². The predicted molar refractivity (Wildman–Crippen MR) is 121 cm³/mol. The molecule has 1 heterocycles. The molecule has 1 saturated heterocycles. The molecule has 7 nitrogen and oxygen atoms in total. The summed E-state index contributed by atoms with van der Waals surface area (Å²) in [5.74, 6) is 1.39. The minimum atomic E-state index is -3.14. The minimum Gasteiger partial charge on any atom is -0.355 e. The van der Waals surface area contributed by atoms with Crippen LogP contribution < -0.4 is 15.4 Å². The van der Waals surface area contributed by atoms with E-state index in [4.69, 9.17) is 0 Å². The zero-order chi connectivity index (χ0) is 18.7. The van der Waals surface area contributed by atoms with Crippen LogP contribution in [-0.2, 0) is 10.0 Å². The van der Waals surface area contributed by atoms with E-state index in [0.29, 0.717) is 25.0 Å². The van der Waals surface area contributed by atoms with Gasteiger partial charge in [0.05, 0.1) is 5.75 Å². The molecule has 0 bridgehead atoms. The fourth-order valence-corrected chi connectivity index (χ4v) is 3.74. The normalized spacial score (nSPS) is 18.1. The Hall–Kier alpha value is -0.130. The largest absolute Gasteiger partial charge is 0.355 e. The molecule has 3 N–H and O–H groups in total. The van der Waals surface area contributed by atoms with Crippen LogP contribution in [0.3, 0.4) is 0 Å². The molecule has 0 spiro atoms. The van der Waals surface area contributed by atoms with E-state index < -0.39 is 10.0 Å². The van der Waals surface area contributed by atoms with Crippen molar-refractivity contribution < 1.29 is 8.42 Å². The van der Waals surface area contributed by atoms with Gasteiger partial charge in [-0.15, -0.1) is 24.0 Å². The fourth-order valence-electron chi connectivity index (χ4n) is 3.12. The second kappa shape index (κ2) is 14.0. The van der Waals surface area contributed by atoms with Crippen LogP contribution in [0, 0.1) is 5.92 Å². The highest BCUT2D eigenvalue weighted by Gasteiger charge is 2.22. The molecular weight excluding hydrogens is 465 g/mol. The maximum Gasteiger partial charge on any atom is 0.211 e. The molecule has 26 heavy (non-hydrogen) atoms. The van der Waals surface area contributed by atoms with Gasteiger partial charge in [-0.3, -0.25) is 9.89 Å². The van der Waals surface area contributed by atoms with Crippen molar-refractivity contribution in [3.63, 3.8) is 0 Å². The smallest absolute Gasteiger partial charge is 0.211 e. The molecular formula is C17H38IN5O2S. The first kappa shape index (κ1) is 25.9. The van der Waals surface area contributed by atoms with E-state index in [9.17, 15) is 8.42 Å². The quantitative estimate of drug-likeness (QED) is 0.193. The molecule has 1 aliphatic heterocycles. The fraction of sp³-hybridized carbons (Fsp3) is 0.941. The van der Waals surface area contributed by atoms with E-state index in [1.807, 2.05) is 0 Å². The molecule has 9 heteroatoms. The SMILES string of the molecule is CCS(=O)(=O)NCCNC(=NC)NCC(C(C)C)N1CCCCCC1.I. The number of nitrogens with one attached hydrogen (secondary N) is 3. The van der Waals surface area contributed by atoms with Crippen molar-refractivity contribution in [3.05, 3.63) is 0 Å². The van der Waals surface area contributed by atoms with Gasteiger partial charge in [-0.05, 0) is 38.8 Å². The van der Waals surface area contributed by atoms with Crippen LogP contribution in [0.5, 0.6) is 0 Å². The Bertz CT molecular complexity index is 491. The molecule has 0 aromatic heterocycles. The van der Waals surface area contributed by atoms with Gasteiger partial charge in [0.2, 0.25) is 10.0 Å². The Morgan fingerprint density at radius 2 is 1.69 bits per heavy atom. The van der Waals surface area contributed by atoms with E-state index in [1.165, 1.54) is 38.8 Å². The topological polar surface area (TPSA) is 85.8 Å². The number of likely N-dealkylation sites (tertiary alicyclic amines) is 1. The lowest BCUT2D eigenvalue weighted by Gasteiger charge is -2.34. The van der Waals surface area contributed by atoms with Crippen LogP contribution in [0.1, 0.15) is 46.5 Å². The molecule has 0 amide bonds. The Morgan fingerprint density at radius 3 is 2.19 bits per heavy atom. The summed E-state index contributed by atoms with van der Waals surface area (Å²) in [7, 11) is -1.40. The summed E-state index contributed by atoms with van der Waals surface area (Å²) >= 11 is 0. The molecule has 156 valence electrons. The van der Waals surface area contributed by atoms with Crippen molar-refractivity contribution >= 4 is 40.0 Å².